The van der Waals surface area contributed by atoms with Gasteiger partial charge in [0.2, 0.25) is 5.91 Å². The van der Waals surface area contributed by atoms with Crippen molar-refractivity contribution >= 4 is 17.6 Å². The summed E-state index contributed by atoms with van der Waals surface area (Å²) >= 11 is 0. The van der Waals surface area contributed by atoms with Gasteiger partial charge in [-0.25, -0.2) is 4.79 Å². The van der Waals surface area contributed by atoms with Crippen molar-refractivity contribution in [3.8, 4) is 6.07 Å². The van der Waals surface area contributed by atoms with Crippen LogP contribution < -0.4 is 10.6 Å². The van der Waals surface area contributed by atoms with Crippen LogP contribution in [0.2, 0.25) is 0 Å². The molecule has 1 fully saturated rings. The summed E-state index contributed by atoms with van der Waals surface area (Å²) in [6.07, 6.45) is 3.19. The van der Waals surface area contributed by atoms with Crippen molar-refractivity contribution in [3.63, 3.8) is 0 Å². The maximum atomic E-state index is 12.2. The van der Waals surface area contributed by atoms with Gasteiger partial charge < -0.3 is 15.5 Å². The summed E-state index contributed by atoms with van der Waals surface area (Å²) in [4.78, 5) is 26.0. The molecule has 0 aliphatic carbocycles. The lowest BCUT2D eigenvalue weighted by molar-refractivity contribution is -0.133. The lowest BCUT2D eigenvalue weighted by Crippen LogP contribution is -2.49. The maximum Gasteiger partial charge on any atom is 0.319 e. The Morgan fingerprint density at radius 3 is 2.68 bits per heavy atom. The number of carbonyl (C=O) groups is 2. The number of benzene rings is 1. The van der Waals surface area contributed by atoms with E-state index in [1.807, 2.05) is 6.07 Å². The molecule has 116 valence electrons. The standard InChI is InChI=1S/C16H20N4O2/c1-12(15(21)20-8-3-2-4-9-20)18-16(22)19-14-7-5-6-13(10-14)11-17/h5-7,10,12H,2-4,8-9H2,1H3,(H2,18,19,22)/t12-/m0/s1. The molecule has 6 nitrogen and oxygen atoms in total. The van der Waals surface area contributed by atoms with E-state index >= 15 is 0 Å². The molecule has 0 spiro atoms. The number of nitriles is 1. The van der Waals surface area contributed by atoms with Crippen LogP contribution in [-0.4, -0.2) is 36.0 Å². The van der Waals surface area contributed by atoms with Crippen molar-refractivity contribution in [3.05, 3.63) is 29.8 Å². The SMILES string of the molecule is C[C@H](NC(=O)Nc1cccc(C#N)c1)C(=O)N1CCCCC1. The number of urea groups is 1. The Kier molecular flexibility index (Phi) is 5.37. The van der Waals surface area contributed by atoms with Gasteiger partial charge in [0.05, 0.1) is 11.6 Å². The minimum absolute atomic E-state index is 0.0550. The second-order valence-electron chi connectivity index (χ2n) is 5.40. The maximum absolute atomic E-state index is 12.2. The molecule has 22 heavy (non-hydrogen) atoms. The zero-order valence-corrected chi connectivity index (χ0v) is 12.6. The van der Waals surface area contributed by atoms with Crippen molar-refractivity contribution in [2.75, 3.05) is 18.4 Å². The van der Waals surface area contributed by atoms with Crippen LogP contribution in [0.25, 0.3) is 0 Å². The third-order valence-electron chi connectivity index (χ3n) is 3.64. The van der Waals surface area contributed by atoms with Crippen LogP contribution in [-0.2, 0) is 4.79 Å². The molecule has 1 aromatic carbocycles. The Morgan fingerprint density at radius 2 is 2.00 bits per heavy atom. The van der Waals surface area contributed by atoms with Gasteiger partial charge in [0, 0.05) is 18.8 Å². The molecule has 1 aromatic rings. The zero-order valence-electron chi connectivity index (χ0n) is 12.6. The summed E-state index contributed by atoms with van der Waals surface area (Å²) in [5.74, 6) is -0.0550. The van der Waals surface area contributed by atoms with E-state index in [0.717, 1.165) is 32.4 Å². The molecule has 0 bridgehead atoms. The average Bonchev–Trinajstić information content (AvgIpc) is 2.55. The highest BCUT2D eigenvalue weighted by molar-refractivity contribution is 5.93. The van der Waals surface area contributed by atoms with E-state index in [4.69, 9.17) is 5.26 Å². The van der Waals surface area contributed by atoms with Crippen molar-refractivity contribution in [2.24, 2.45) is 0 Å². The molecule has 0 unspecified atom stereocenters. The first-order valence-corrected chi connectivity index (χ1v) is 7.46. The average molecular weight is 300 g/mol. The highest BCUT2D eigenvalue weighted by atomic mass is 16.2. The fourth-order valence-electron chi connectivity index (χ4n) is 2.48. The van der Waals surface area contributed by atoms with E-state index in [2.05, 4.69) is 10.6 Å². The number of nitrogens with zero attached hydrogens (tertiary/aromatic N) is 2. The van der Waals surface area contributed by atoms with Gasteiger partial charge in [-0.3, -0.25) is 4.79 Å². The Labute approximate surface area is 130 Å². The van der Waals surface area contributed by atoms with Crippen LogP contribution in [0, 0.1) is 11.3 Å². The van der Waals surface area contributed by atoms with Crippen LogP contribution in [0.1, 0.15) is 31.7 Å². The predicted molar refractivity (Wildman–Crippen MR) is 83.2 cm³/mol. The van der Waals surface area contributed by atoms with Crippen molar-refractivity contribution < 1.29 is 9.59 Å². The van der Waals surface area contributed by atoms with Gasteiger partial charge in [0.15, 0.2) is 0 Å². The monoisotopic (exact) mass is 300 g/mol. The summed E-state index contributed by atoms with van der Waals surface area (Å²) in [5, 5.41) is 14.1. The lowest BCUT2D eigenvalue weighted by atomic mass is 10.1. The van der Waals surface area contributed by atoms with Crippen molar-refractivity contribution in [2.45, 2.75) is 32.2 Å². The quantitative estimate of drug-likeness (QED) is 0.896. The van der Waals surface area contributed by atoms with E-state index < -0.39 is 12.1 Å². The number of hydrogen-bond donors (Lipinski definition) is 2. The minimum Gasteiger partial charge on any atom is -0.341 e. The highest BCUT2D eigenvalue weighted by Crippen LogP contribution is 2.11. The molecule has 0 radical (unpaired) electrons. The second-order valence-corrected chi connectivity index (χ2v) is 5.40. The van der Waals surface area contributed by atoms with Gasteiger partial charge in [-0.05, 0) is 44.4 Å². The second kappa shape index (κ2) is 7.46. The molecule has 3 amide bonds. The number of carbonyl (C=O) groups excluding carboxylic acids is 2. The molecule has 1 aliphatic heterocycles. The zero-order chi connectivity index (χ0) is 15.9. The number of anilines is 1. The normalized spacial score (nSPS) is 15.5. The van der Waals surface area contributed by atoms with Gasteiger partial charge in [0.25, 0.3) is 0 Å². The summed E-state index contributed by atoms with van der Waals surface area (Å²) < 4.78 is 0. The molecule has 2 rings (SSSR count). The van der Waals surface area contributed by atoms with Crippen LogP contribution in [0.5, 0.6) is 0 Å². The predicted octanol–water partition coefficient (Wildman–Crippen LogP) is 2.08. The van der Waals surface area contributed by atoms with Gasteiger partial charge in [-0.2, -0.15) is 5.26 Å². The fourth-order valence-corrected chi connectivity index (χ4v) is 2.48. The van der Waals surface area contributed by atoms with Gasteiger partial charge >= 0.3 is 6.03 Å². The Morgan fingerprint density at radius 1 is 1.27 bits per heavy atom. The number of rotatable bonds is 3. The molecule has 2 N–H and O–H groups in total. The van der Waals surface area contributed by atoms with E-state index in [-0.39, 0.29) is 5.91 Å². The molecule has 0 saturated carbocycles. The summed E-state index contributed by atoms with van der Waals surface area (Å²) in [7, 11) is 0. The van der Waals surface area contributed by atoms with E-state index in [1.54, 1.807) is 36.1 Å². The molecule has 6 heteroatoms. The molecule has 0 aromatic heterocycles. The molecular weight excluding hydrogens is 280 g/mol. The Hall–Kier alpha value is -2.55. The van der Waals surface area contributed by atoms with E-state index in [0.29, 0.717) is 11.3 Å². The van der Waals surface area contributed by atoms with Crippen molar-refractivity contribution in [1.82, 2.24) is 10.2 Å². The van der Waals surface area contributed by atoms with Gasteiger partial charge in [-0.15, -0.1) is 0 Å². The topological polar surface area (TPSA) is 85.2 Å². The van der Waals surface area contributed by atoms with Gasteiger partial charge in [0.1, 0.15) is 6.04 Å². The molecular formula is C16H20N4O2. The van der Waals surface area contributed by atoms with Gasteiger partial charge in [-0.1, -0.05) is 6.07 Å². The van der Waals surface area contributed by atoms with Crippen LogP contribution in [0.3, 0.4) is 0 Å². The summed E-state index contributed by atoms with van der Waals surface area (Å²) in [5.41, 5.74) is 0.990. The first-order valence-electron chi connectivity index (χ1n) is 7.46. The third-order valence-corrected chi connectivity index (χ3v) is 3.64. The molecule has 1 aliphatic rings. The number of likely N-dealkylation sites (tertiary alicyclic amines) is 1. The summed E-state index contributed by atoms with van der Waals surface area (Å²) in [6.45, 7) is 3.20. The fraction of sp³-hybridized carbons (Fsp3) is 0.438. The van der Waals surface area contributed by atoms with E-state index in [9.17, 15) is 9.59 Å². The number of amides is 3. The van der Waals surface area contributed by atoms with Crippen molar-refractivity contribution in [1.29, 1.82) is 5.26 Å². The third kappa shape index (κ3) is 4.22. The Balaban J connectivity index is 1.87. The number of hydrogen-bond acceptors (Lipinski definition) is 3. The number of nitrogens with one attached hydrogen (secondary N) is 2. The van der Waals surface area contributed by atoms with E-state index in [1.165, 1.54) is 0 Å². The first kappa shape index (κ1) is 15.8. The highest BCUT2D eigenvalue weighted by Gasteiger charge is 2.23. The largest absolute Gasteiger partial charge is 0.341 e. The van der Waals surface area contributed by atoms with Crippen LogP contribution in [0.4, 0.5) is 10.5 Å². The minimum atomic E-state index is -0.572. The Bertz CT molecular complexity index is 588. The smallest absolute Gasteiger partial charge is 0.319 e. The molecule has 1 atom stereocenters. The van der Waals surface area contributed by atoms with Crippen LogP contribution in [0.15, 0.2) is 24.3 Å². The first-order chi connectivity index (χ1) is 10.6. The lowest BCUT2D eigenvalue weighted by Gasteiger charge is -2.29. The molecule has 1 saturated heterocycles. The molecule has 1 heterocycles. The number of piperidine rings is 1. The van der Waals surface area contributed by atoms with Crippen LogP contribution >= 0.6 is 0 Å². The summed E-state index contributed by atoms with van der Waals surface area (Å²) in [6, 6.07) is 7.61.